The predicted molar refractivity (Wildman–Crippen MR) is 128 cm³/mol. The summed E-state index contributed by atoms with van der Waals surface area (Å²) >= 11 is 0. The number of amides is 2. The number of ether oxygens (including phenoxy) is 4. The highest BCUT2D eigenvalue weighted by Gasteiger charge is 2.55. The van der Waals surface area contributed by atoms with Crippen molar-refractivity contribution in [3.8, 4) is 23.0 Å². The first-order valence-corrected chi connectivity index (χ1v) is 12.4. The van der Waals surface area contributed by atoms with Crippen molar-refractivity contribution in [2.75, 3.05) is 13.2 Å². The van der Waals surface area contributed by atoms with Crippen LogP contribution in [0.2, 0.25) is 0 Å². The largest absolute Gasteiger partial charge is 0.573 e. The molecule has 0 radical (unpaired) electrons. The fourth-order valence-corrected chi connectivity index (χ4v) is 5.08. The number of rotatable bonds is 10. The molecule has 2 aromatic rings. The first-order valence-electron chi connectivity index (χ1n) is 12.4. The van der Waals surface area contributed by atoms with Crippen molar-refractivity contribution in [3.63, 3.8) is 0 Å². The topological polar surface area (TPSA) is 115 Å². The van der Waals surface area contributed by atoms with Gasteiger partial charge >= 0.3 is 12.7 Å². The third-order valence-corrected chi connectivity index (χ3v) is 6.97. The van der Waals surface area contributed by atoms with Crippen molar-refractivity contribution in [2.45, 2.75) is 62.0 Å². The Kier molecular flexibility index (Phi) is 8.47. The lowest BCUT2D eigenvalue weighted by atomic mass is 9.60. The number of alkyl halides is 6. The lowest BCUT2D eigenvalue weighted by Crippen LogP contribution is -2.70. The Morgan fingerprint density at radius 2 is 1.10 bits per heavy atom. The van der Waals surface area contributed by atoms with Crippen LogP contribution in [-0.2, 0) is 9.59 Å². The Labute approximate surface area is 229 Å². The number of fused-ring (bicyclic) bond motifs is 3. The van der Waals surface area contributed by atoms with Crippen LogP contribution in [0.1, 0.15) is 32.1 Å². The predicted octanol–water partition coefficient (Wildman–Crippen LogP) is 3.99. The van der Waals surface area contributed by atoms with Gasteiger partial charge in [0.05, 0.1) is 11.6 Å². The summed E-state index contributed by atoms with van der Waals surface area (Å²) in [6.07, 6.45) is -8.81. The van der Waals surface area contributed by atoms with E-state index in [2.05, 4.69) is 20.1 Å². The van der Waals surface area contributed by atoms with Crippen LogP contribution in [0.5, 0.6) is 23.0 Å². The van der Waals surface area contributed by atoms with Crippen molar-refractivity contribution in [2.24, 2.45) is 0 Å². The molecule has 15 heteroatoms. The molecule has 2 amide bonds. The Balaban J connectivity index is 1.22. The maximum atomic E-state index is 12.6. The normalized spacial score (nSPS) is 23.8. The Morgan fingerprint density at radius 1 is 0.707 bits per heavy atom. The zero-order valence-electron chi connectivity index (χ0n) is 21.3. The smallest absolute Gasteiger partial charge is 0.484 e. The Morgan fingerprint density at radius 3 is 1.49 bits per heavy atom. The maximum Gasteiger partial charge on any atom is 0.573 e. The SMILES string of the molecule is O=C(COc1ccc(OC(F)(F)F)cc1)NC12CCC(NC(=O)COc3ccc(OC(F)(F)F)cc3)(CC1)[C@@H](O)C2. The van der Waals surface area contributed by atoms with Gasteiger partial charge in [-0.15, -0.1) is 26.3 Å². The van der Waals surface area contributed by atoms with E-state index in [0.29, 0.717) is 25.7 Å². The van der Waals surface area contributed by atoms with E-state index in [1.54, 1.807) is 0 Å². The van der Waals surface area contributed by atoms with Gasteiger partial charge in [0.1, 0.15) is 23.0 Å². The molecule has 0 aliphatic heterocycles. The number of aliphatic hydroxyl groups excluding tert-OH is 1. The van der Waals surface area contributed by atoms with Crippen LogP contribution in [0, 0.1) is 0 Å². The summed E-state index contributed by atoms with van der Waals surface area (Å²) in [6, 6.07) is 9.12. The molecule has 5 rings (SSSR count). The summed E-state index contributed by atoms with van der Waals surface area (Å²) < 4.78 is 91.9. The molecule has 2 aromatic carbocycles. The van der Waals surface area contributed by atoms with Crippen molar-refractivity contribution in [3.05, 3.63) is 48.5 Å². The first-order chi connectivity index (χ1) is 19.1. The summed E-state index contributed by atoms with van der Waals surface area (Å²) in [5.74, 6) is -1.56. The van der Waals surface area contributed by atoms with Crippen molar-refractivity contribution in [1.29, 1.82) is 0 Å². The number of benzene rings is 2. The van der Waals surface area contributed by atoms with Crippen molar-refractivity contribution >= 4 is 11.8 Å². The van der Waals surface area contributed by atoms with Crippen LogP contribution in [0.15, 0.2) is 48.5 Å². The molecule has 1 atom stereocenters. The monoisotopic (exact) mass is 592 g/mol. The molecule has 0 saturated heterocycles. The lowest BCUT2D eigenvalue weighted by Gasteiger charge is -2.56. The number of aliphatic hydroxyl groups is 1. The molecule has 2 bridgehead atoms. The van der Waals surface area contributed by atoms with Gasteiger partial charge in [0.2, 0.25) is 0 Å². The van der Waals surface area contributed by atoms with Crippen molar-refractivity contribution in [1.82, 2.24) is 10.6 Å². The maximum absolute atomic E-state index is 12.6. The minimum atomic E-state index is -4.83. The van der Waals surface area contributed by atoms with E-state index in [-0.39, 0.29) is 17.9 Å². The summed E-state index contributed by atoms with van der Waals surface area (Å²) in [6.45, 7) is -0.837. The molecule has 224 valence electrons. The van der Waals surface area contributed by atoms with Gasteiger partial charge in [0.25, 0.3) is 11.8 Å². The lowest BCUT2D eigenvalue weighted by molar-refractivity contribution is -0.275. The van der Waals surface area contributed by atoms with E-state index in [9.17, 15) is 41.0 Å². The van der Waals surface area contributed by atoms with Crippen LogP contribution in [0.4, 0.5) is 26.3 Å². The second-order valence-corrected chi connectivity index (χ2v) is 9.87. The molecule has 9 nitrogen and oxygen atoms in total. The minimum Gasteiger partial charge on any atom is -0.484 e. The fraction of sp³-hybridized carbons (Fsp3) is 0.462. The summed E-state index contributed by atoms with van der Waals surface area (Å²) in [5.41, 5.74) is -1.64. The molecule has 0 heterocycles. The molecule has 0 unspecified atom stereocenters. The average molecular weight is 592 g/mol. The van der Waals surface area contributed by atoms with Crippen molar-refractivity contribution < 1.29 is 60.0 Å². The van der Waals surface area contributed by atoms with Crippen LogP contribution >= 0.6 is 0 Å². The van der Waals surface area contributed by atoms with Crippen LogP contribution in [-0.4, -0.2) is 60.0 Å². The highest BCUT2D eigenvalue weighted by Crippen LogP contribution is 2.47. The molecule has 3 aliphatic carbocycles. The van der Waals surface area contributed by atoms with Gasteiger partial charge in [-0.3, -0.25) is 9.59 Å². The van der Waals surface area contributed by atoms with E-state index < -0.39 is 66.4 Å². The summed E-state index contributed by atoms with van der Waals surface area (Å²) in [5, 5.41) is 16.6. The van der Waals surface area contributed by atoms with Gasteiger partial charge in [0, 0.05) is 5.54 Å². The molecule has 41 heavy (non-hydrogen) atoms. The van der Waals surface area contributed by atoms with Crippen LogP contribution in [0.25, 0.3) is 0 Å². The molecule has 0 spiro atoms. The second kappa shape index (κ2) is 11.5. The van der Waals surface area contributed by atoms with Gasteiger partial charge < -0.3 is 34.7 Å². The van der Waals surface area contributed by atoms with Crippen LogP contribution in [0.3, 0.4) is 0 Å². The molecular formula is C26H26F6N2O7. The minimum absolute atomic E-state index is 0.148. The zero-order valence-corrected chi connectivity index (χ0v) is 21.3. The molecular weight excluding hydrogens is 566 g/mol. The Bertz CT molecular complexity index is 1210. The number of nitrogens with one attached hydrogen (secondary N) is 2. The van der Waals surface area contributed by atoms with Gasteiger partial charge in [-0.05, 0) is 80.6 Å². The molecule has 0 aromatic heterocycles. The fourth-order valence-electron chi connectivity index (χ4n) is 5.08. The van der Waals surface area contributed by atoms with E-state index >= 15 is 0 Å². The van der Waals surface area contributed by atoms with Crippen LogP contribution < -0.4 is 29.6 Å². The molecule has 3 N–H and O–H groups in total. The highest BCUT2D eigenvalue weighted by molar-refractivity contribution is 5.79. The molecule has 3 aliphatic rings. The number of hydrogen-bond donors (Lipinski definition) is 3. The van der Waals surface area contributed by atoms with Gasteiger partial charge in [0.15, 0.2) is 13.2 Å². The average Bonchev–Trinajstić information content (AvgIpc) is 2.87. The third kappa shape index (κ3) is 8.31. The van der Waals surface area contributed by atoms with Gasteiger partial charge in [-0.2, -0.15) is 0 Å². The third-order valence-electron chi connectivity index (χ3n) is 6.97. The zero-order chi connectivity index (χ0) is 29.9. The number of halogens is 6. The standard InChI is InChI=1S/C26H26F6N2O7/c27-25(28,29)40-18-5-1-16(2-6-18)38-14-21(36)33-23-9-11-24(12-10-23,20(35)13-23)34-22(37)15-39-17-3-7-19(8-4-17)41-26(30,31)32/h1-8,20,35H,9-15H2,(H,33,36)(H,34,37)/t20-,23?,24?/m0/s1. The van der Waals surface area contributed by atoms with E-state index in [1.807, 2.05) is 0 Å². The molecule has 3 saturated carbocycles. The van der Waals surface area contributed by atoms with Gasteiger partial charge in [-0.25, -0.2) is 0 Å². The van der Waals surface area contributed by atoms with Gasteiger partial charge in [-0.1, -0.05) is 0 Å². The summed E-state index contributed by atoms with van der Waals surface area (Å²) in [7, 11) is 0. The van der Waals surface area contributed by atoms with E-state index in [4.69, 9.17) is 9.47 Å². The number of hydrogen-bond acceptors (Lipinski definition) is 7. The van der Waals surface area contributed by atoms with E-state index in [0.717, 1.165) is 24.3 Å². The number of carbonyl (C=O) groups excluding carboxylic acids is 2. The van der Waals surface area contributed by atoms with E-state index in [1.165, 1.54) is 24.3 Å². The Hall–Kier alpha value is -3.88. The second-order valence-electron chi connectivity index (χ2n) is 9.87. The highest BCUT2D eigenvalue weighted by atomic mass is 19.4. The quantitative estimate of drug-likeness (QED) is 0.358. The first kappa shape index (κ1) is 30.1. The molecule has 3 fully saturated rings. The number of carbonyl (C=O) groups is 2. The summed E-state index contributed by atoms with van der Waals surface area (Å²) in [4.78, 5) is 25.1.